The van der Waals surface area contributed by atoms with Gasteiger partial charge in [0.2, 0.25) is 5.95 Å². The number of hydrogen-bond donors (Lipinski definition) is 2. The molecule has 0 saturated heterocycles. The maximum absolute atomic E-state index is 5.59. The molecule has 0 bridgehead atoms. The van der Waals surface area contributed by atoms with Crippen molar-refractivity contribution in [3.05, 3.63) is 6.33 Å². The molecular formula is C3H6B12N4. The van der Waals surface area contributed by atoms with Gasteiger partial charge in [0, 0.05) is 93.1 Å². The van der Waals surface area contributed by atoms with Crippen molar-refractivity contribution < 1.29 is 0 Å². The van der Waals surface area contributed by atoms with Crippen LogP contribution < -0.4 is 5.32 Å². The van der Waals surface area contributed by atoms with Crippen LogP contribution in [0.1, 0.15) is 0 Å². The monoisotopic (exact) mass is 230 g/mol. The van der Waals surface area contributed by atoms with Gasteiger partial charge < -0.3 is 5.32 Å². The molecule has 0 aliphatic heterocycles. The Morgan fingerprint density at radius 2 is 1.53 bits per heavy atom. The van der Waals surface area contributed by atoms with Gasteiger partial charge in [0.25, 0.3) is 0 Å². The Labute approximate surface area is 126 Å². The lowest BCUT2D eigenvalue weighted by Gasteiger charge is -2.29. The fraction of sp³-hybridized carbons (Fsp3) is 0.333. The van der Waals surface area contributed by atoms with Crippen LogP contribution in [0.5, 0.6) is 0 Å². The van der Waals surface area contributed by atoms with Crippen LogP contribution in [0, 0.1) is 0 Å². The van der Waals surface area contributed by atoms with Gasteiger partial charge in [0.1, 0.15) is 6.33 Å². The lowest BCUT2D eigenvalue weighted by Crippen LogP contribution is -2.67. The van der Waals surface area contributed by atoms with Gasteiger partial charge in [-0.3, -0.25) is 0 Å². The minimum atomic E-state index is -0.723. The summed E-state index contributed by atoms with van der Waals surface area (Å²) in [5.41, 5.74) is 0. The highest BCUT2D eigenvalue weighted by atomic mass is 15.3. The van der Waals surface area contributed by atoms with Gasteiger partial charge in [0.15, 0.2) is 0 Å². The van der Waals surface area contributed by atoms with Gasteiger partial charge in [-0.2, -0.15) is 5.10 Å². The average molecular weight is 228 g/mol. The molecule has 74 valence electrons. The average Bonchev–Trinajstić information content (AvgIpc) is 2.81. The molecule has 0 spiro atoms. The Bertz CT molecular complexity index is 307. The Hall–Kier alpha value is -0.281. The summed E-state index contributed by atoms with van der Waals surface area (Å²) in [5.74, 6) is 0.694. The molecule has 0 aliphatic carbocycles. The number of aromatic amines is 1. The molecule has 4 nitrogen and oxygen atoms in total. The van der Waals surface area contributed by atoms with Crippen LogP contribution in [0.25, 0.3) is 0 Å². The molecule has 0 aromatic carbocycles. The van der Waals surface area contributed by atoms with Gasteiger partial charge in [-0.1, -0.05) is 0 Å². The summed E-state index contributed by atoms with van der Waals surface area (Å²) in [6.45, 7) is 0. The Kier molecular flexibility index (Phi) is 9.45. The van der Waals surface area contributed by atoms with Crippen molar-refractivity contribution in [3.8, 4) is 0 Å². The van der Waals surface area contributed by atoms with Crippen molar-refractivity contribution in [2.24, 2.45) is 0 Å². The maximum Gasteiger partial charge on any atom is 0.218 e. The number of H-pyrrole nitrogens is 1. The first kappa shape index (κ1) is 18.7. The van der Waals surface area contributed by atoms with Gasteiger partial charge in [-0.15, -0.1) is 0 Å². The highest BCUT2D eigenvalue weighted by molar-refractivity contribution is 8.05. The molecule has 1 aromatic rings. The van der Waals surface area contributed by atoms with Crippen LogP contribution in [-0.4, -0.2) is 108 Å². The highest BCUT2D eigenvalue weighted by Crippen LogP contribution is 1.91. The Morgan fingerprint density at radius 1 is 1.00 bits per heavy atom. The second-order valence-electron chi connectivity index (χ2n) is 3.97. The number of nitrogens with one attached hydrogen (secondary N) is 2. The van der Waals surface area contributed by atoms with E-state index in [9.17, 15) is 0 Å². The second-order valence-corrected chi connectivity index (χ2v) is 3.97. The number of aromatic nitrogens is 3. The Morgan fingerprint density at radius 3 is 1.68 bits per heavy atom. The molecular weight excluding hydrogens is 222 g/mol. The first-order chi connectivity index (χ1) is 8.81. The van der Waals surface area contributed by atoms with E-state index in [-0.39, 0.29) is 0 Å². The smallest absolute Gasteiger partial charge is 0.218 e. The third-order valence-electron chi connectivity index (χ3n) is 2.43. The molecule has 0 fully saturated rings. The van der Waals surface area contributed by atoms with Crippen molar-refractivity contribution >= 4 is 92.0 Å². The topological polar surface area (TPSA) is 53.6 Å². The van der Waals surface area contributed by atoms with E-state index < -0.39 is 31.9 Å². The summed E-state index contributed by atoms with van der Waals surface area (Å²) in [4.78, 5) is 3.76. The quantitative estimate of drug-likeness (QED) is 0.497. The van der Waals surface area contributed by atoms with Crippen LogP contribution in [0.4, 0.5) is 5.95 Å². The fourth-order valence-electron chi connectivity index (χ4n) is 1.35. The van der Waals surface area contributed by atoms with E-state index in [1.807, 2.05) is 0 Å². The van der Waals surface area contributed by atoms with Crippen molar-refractivity contribution in [3.63, 3.8) is 0 Å². The van der Waals surface area contributed by atoms with E-state index in [4.69, 9.17) is 54.2 Å². The van der Waals surface area contributed by atoms with E-state index >= 15 is 0 Å². The van der Waals surface area contributed by atoms with Crippen molar-refractivity contribution in [1.29, 1.82) is 0 Å². The normalized spacial score (nSPS) is 8.68. The number of hydrogen-bond acceptors (Lipinski definition) is 3. The summed E-state index contributed by atoms with van der Waals surface area (Å²) >= 11 is 0. The molecule has 1 rings (SSSR count). The molecule has 16 heteroatoms. The van der Waals surface area contributed by atoms with Gasteiger partial charge >= 0.3 is 0 Å². The lowest BCUT2D eigenvalue weighted by molar-refractivity contribution is 1.09. The molecule has 19 heavy (non-hydrogen) atoms. The summed E-state index contributed by atoms with van der Waals surface area (Å²) in [6.07, 6.45) is -1.77. The molecule has 0 atom stereocenters. The van der Waals surface area contributed by atoms with E-state index in [0.29, 0.717) is 5.95 Å². The van der Waals surface area contributed by atoms with Crippen LogP contribution in [0.3, 0.4) is 0 Å². The molecule has 14 radical (unpaired) electrons. The van der Waals surface area contributed by atoms with Crippen molar-refractivity contribution in [2.75, 3.05) is 12.4 Å². The summed E-state index contributed by atoms with van der Waals surface area (Å²) in [6, 6.07) is 0. The summed E-state index contributed by atoms with van der Waals surface area (Å²) in [7, 11) is 39.7. The van der Waals surface area contributed by atoms with Crippen LogP contribution in [0.15, 0.2) is 6.33 Å². The minimum Gasteiger partial charge on any atom is -0.358 e. The number of anilines is 1. The van der Waals surface area contributed by atoms with E-state index in [1.165, 1.54) is 6.33 Å². The van der Waals surface area contributed by atoms with E-state index in [2.05, 4.69) is 20.5 Å². The fourth-order valence-corrected chi connectivity index (χ4v) is 1.35. The summed E-state index contributed by atoms with van der Waals surface area (Å²) in [5, 5.41) is 8.99. The second kappa shape index (κ2) is 9.60. The Balaban J connectivity index is 0.000000388. The van der Waals surface area contributed by atoms with Gasteiger partial charge in [0.05, 0.1) is 0 Å². The van der Waals surface area contributed by atoms with E-state index in [1.54, 1.807) is 7.05 Å². The first-order valence-electron chi connectivity index (χ1n) is 5.63. The molecule has 1 aromatic heterocycles. The standard InChI is InChI=1S/C3H6N4.B12/c1-4-3-5-2-6-7-3;1-8(2)11(7)12(9(3)4)10(5)6/h2H,1H3,(H2,4,5,6,7);. The lowest BCUT2D eigenvalue weighted by atomic mass is 8.53. The molecule has 2 N–H and O–H groups in total. The SMILES string of the molecule is CNc1ncn[nH]1.[B]B([B])B([B])B(B([B])[B])B([B])[B]. The molecule has 0 saturated carbocycles. The highest BCUT2D eigenvalue weighted by Gasteiger charge is 2.29. The number of nitrogens with zero attached hydrogens (tertiary/aromatic N) is 2. The minimum absolute atomic E-state index is 0.481. The predicted octanol–water partition coefficient (Wildman–Crippen LogP) is -4.72. The first-order valence-corrected chi connectivity index (χ1v) is 5.63. The number of rotatable bonds is 5. The molecule has 0 aliphatic rings. The van der Waals surface area contributed by atoms with Gasteiger partial charge in [-0.05, 0) is 0 Å². The molecule has 0 amide bonds. The van der Waals surface area contributed by atoms with E-state index in [0.717, 1.165) is 0 Å². The summed E-state index contributed by atoms with van der Waals surface area (Å²) < 4.78 is 0. The van der Waals surface area contributed by atoms with Crippen molar-refractivity contribution in [2.45, 2.75) is 0 Å². The van der Waals surface area contributed by atoms with Crippen LogP contribution in [-0.2, 0) is 0 Å². The molecule has 1 heterocycles. The van der Waals surface area contributed by atoms with Gasteiger partial charge in [-0.25, -0.2) is 10.1 Å². The third-order valence-corrected chi connectivity index (χ3v) is 2.43. The van der Waals surface area contributed by atoms with Crippen molar-refractivity contribution in [1.82, 2.24) is 15.2 Å². The largest absolute Gasteiger partial charge is 0.358 e. The maximum atomic E-state index is 5.59. The zero-order valence-electron chi connectivity index (χ0n) is 10.9. The zero-order valence-corrected chi connectivity index (χ0v) is 10.9. The third kappa shape index (κ3) is 7.17. The van der Waals surface area contributed by atoms with Crippen LogP contribution in [0.2, 0.25) is 0 Å². The van der Waals surface area contributed by atoms with Crippen LogP contribution >= 0.6 is 0 Å². The molecule has 0 unspecified atom stereocenters. The predicted molar refractivity (Wildman–Crippen MR) is 95.0 cm³/mol. The zero-order chi connectivity index (χ0) is 15.0.